The number of aryl methyl sites for hydroxylation is 1. The minimum Gasteiger partial charge on any atom is -0.490 e. The van der Waals surface area contributed by atoms with Crippen molar-refractivity contribution in [2.45, 2.75) is 25.8 Å². The molecule has 2 N–H and O–H groups in total. The number of halogens is 1. The van der Waals surface area contributed by atoms with E-state index in [4.69, 9.17) is 14.2 Å². The normalized spacial score (nSPS) is 17.1. The van der Waals surface area contributed by atoms with Crippen LogP contribution >= 0.6 is 22.6 Å². The first-order chi connectivity index (χ1) is 17.9. The van der Waals surface area contributed by atoms with Crippen LogP contribution < -0.4 is 15.4 Å². The Labute approximate surface area is 228 Å². The van der Waals surface area contributed by atoms with E-state index in [1.807, 2.05) is 25.1 Å². The largest absolute Gasteiger partial charge is 0.490 e. The first kappa shape index (κ1) is 27.0. The SMILES string of the molecule is Cc1cccc(OCCOCCOCCNc2cccc3c2C(=O)N(C2CCC(=O)NC2=O)C3=O)c1I. The van der Waals surface area contributed by atoms with Crippen molar-refractivity contribution in [2.75, 3.05) is 44.9 Å². The molecule has 2 aromatic carbocycles. The van der Waals surface area contributed by atoms with Crippen LogP contribution in [0.4, 0.5) is 5.69 Å². The number of hydrogen-bond acceptors (Lipinski definition) is 8. The Morgan fingerprint density at radius 1 is 0.973 bits per heavy atom. The van der Waals surface area contributed by atoms with E-state index in [1.54, 1.807) is 18.2 Å². The average molecular weight is 621 g/mol. The Bertz CT molecular complexity index is 1200. The summed E-state index contributed by atoms with van der Waals surface area (Å²) in [7, 11) is 0. The first-order valence-electron chi connectivity index (χ1n) is 12.0. The molecule has 0 spiro atoms. The van der Waals surface area contributed by atoms with E-state index in [-0.39, 0.29) is 24.0 Å². The molecule has 1 fully saturated rings. The molecule has 1 atom stereocenters. The summed E-state index contributed by atoms with van der Waals surface area (Å²) in [5, 5.41) is 5.33. The minimum absolute atomic E-state index is 0.0785. The van der Waals surface area contributed by atoms with Crippen LogP contribution in [0.5, 0.6) is 5.75 Å². The quantitative estimate of drug-likeness (QED) is 0.211. The summed E-state index contributed by atoms with van der Waals surface area (Å²) in [6.45, 7) is 4.52. The standard InChI is InChI=1S/C26H28IN3O7/c1-16-4-2-7-20(23(16)27)37-15-14-36-13-12-35-11-10-28-18-6-3-5-17-22(18)26(34)30(25(17)33)19-8-9-21(31)29-24(19)32/h2-7,19,28H,8-15H2,1H3,(H,29,31,32). The monoisotopic (exact) mass is 621 g/mol. The lowest BCUT2D eigenvalue weighted by Gasteiger charge is -2.27. The second kappa shape index (κ2) is 12.5. The lowest BCUT2D eigenvalue weighted by Crippen LogP contribution is -2.54. The fourth-order valence-electron chi connectivity index (χ4n) is 4.18. The van der Waals surface area contributed by atoms with Crippen molar-refractivity contribution >= 4 is 51.9 Å². The number of imide groups is 2. The van der Waals surface area contributed by atoms with Crippen LogP contribution in [0.2, 0.25) is 0 Å². The molecule has 2 aliphatic heterocycles. The van der Waals surface area contributed by atoms with Crippen molar-refractivity contribution < 1.29 is 33.4 Å². The van der Waals surface area contributed by atoms with Crippen LogP contribution in [0.3, 0.4) is 0 Å². The average Bonchev–Trinajstić information content (AvgIpc) is 3.13. The van der Waals surface area contributed by atoms with Gasteiger partial charge in [0.25, 0.3) is 11.8 Å². The number of amides is 4. The smallest absolute Gasteiger partial charge is 0.264 e. The molecule has 1 saturated heterocycles. The number of carbonyl (C=O) groups is 4. The fraction of sp³-hybridized carbons (Fsp3) is 0.385. The van der Waals surface area contributed by atoms with Crippen molar-refractivity contribution in [3.8, 4) is 5.75 Å². The maximum atomic E-state index is 13.1. The molecule has 0 saturated carbocycles. The summed E-state index contributed by atoms with van der Waals surface area (Å²) in [4.78, 5) is 50.6. The summed E-state index contributed by atoms with van der Waals surface area (Å²) < 4.78 is 18.0. The van der Waals surface area contributed by atoms with Gasteiger partial charge in [0.2, 0.25) is 11.8 Å². The maximum absolute atomic E-state index is 13.1. The number of piperidine rings is 1. The number of ether oxygens (including phenoxy) is 3. The van der Waals surface area contributed by atoms with Gasteiger partial charge in [-0.05, 0) is 59.7 Å². The predicted octanol–water partition coefficient (Wildman–Crippen LogP) is 2.52. The first-order valence-corrected chi connectivity index (χ1v) is 13.1. The predicted molar refractivity (Wildman–Crippen MR) is 143 cm³/mol. The van der Waals surface area contributed by atoms with E-state index in [0.717, 1.165) is 14.2 Å². The van der Waals surface area contributed by atoms with Crippen LogP contribution in [0.1, 0.15) is 39.1 Å². The lowest BCUT2D eigenvalue weighted by atomic mass is 10.0. The van der Waals surface area contributed by atoms with Crippen molar-refractivity contribution in [1.29, 1.82) is 0 Å². The highest BCUT2D eigenvalue weighted by molar-refractivity contribution is 14.1. The zero-order valence-electron chi connectivity index (χ0n) is 20.4. The lowest BCUT2D eigenvalue weighted by molar-refractivity contribution is -0.136. The van der Waals surface area contributed by atoms with E-state index >= 15 is 0 Å². The molecule has 0 aliphatic carbocycles. The third-order valence-electron chi connectivity index (χ3n) is 6.04. The van der Waals surface area contributed by atoms with Gasteiger partial charge in [-0.25, -0.2) is 0 Å². The summed E-state index contributed by atoms with van der Waals surface area (Å²) in [6, 6.07) is 9.88. The van der Waals surface area contributed by atoms with Gasteiger partial charge >= 0.3 is 0 Å². The number of carbonyl (C=O) groups excluding carboxylic acids is 4. The summed E-state index contributed by atoms with van der Waals surface area (Å²) in [6.07, 6.45) is 0.196. The Kier molecular flexibility index (Phi) is 9.11. The van der Waals surface area contributed by atoms with Gasteiger partial charge in [-0.3, -0.25) is 29.4 Å². The van der Waals surface area contributed by atoms with Crippen LogP contribution in [-0.2, 0) is 19.1 Å². The van der Waals surface area contributed by atoms with Gasteiger partial charge in [0, 0.05) is 18.7 Å². The second-order valence-electron chi connectivity index (χ2n) is 8.56. The Morgan fingerprint density at radius 3 is 2.49 bits per heavy atom. The van der Waals surface area contributed by atoms with Crippen molar-refractivity contribution in [2.24, 2.45) is 0 Å². The molecule has 10 nitrogen and oxygen atoms in total. The van der Waals surface area contributed by atoms with Gasteiger partial charge < -0.3 is 19.5 Å². The molecular formula is C26H28IN3O7. The van der Waals surface area contributed by atoms with Crippen molar-refractivity contribution in [1.82, 2.24) is 10.2 Å². The number of anilines is 1. The number of benzene rings is 2. The van der Waals surface area contributed by atoms with Gasteiger partial charge in [-0.15, -0.1) is 0 Å². The van der Waals surface area contributed by atoms with Crippen molar-refractivity contribution in [3.63, 3.8) is 0 Å². The van der Waals surface area contributed by atoms with E-state index in [2.05, 4.69) is 33.2 Å². The zero-order valence-corrected chi connectivity index (χ0v) is 22.5. The van der Waals surface area contributed by atoms with Gasteiger partial charge in [-0.1, -0.05) is 18.2 Å². The van der Waals surface area contributed by atoms with Crippen molar-refractivity contribution in [3.05, 3.63) is 56.7 Å². The molecule has 37 heavy (non-hydrogen) atoms. The number of rotatable bonds is 12. The van der Waals surface area contributed by atoms with E-state index in [1.165, 1.54) is 5.56 Å². The van der Waals surface area contributed by atoms with Gasteiger partial charge in [0.1, 0.15) is 18.4 Å². The number of hydrogen-bond donors (Lipinski definition) is 2. The van der Waals surface area contributed by atoms with Gasteiger partial charge in [-0.2, -0.15) is 0 Å². The highest BCUT2D eigenvalue weighted by Crippen LogP contribution is 2.32. The third kappa shape index (κ3) is 6.28. The van der Waals surface area contributed by atoms with Gasteiger partial charge in [0.15, 0.2) is 0 Å². The topological polar surface area (TPSA) is 123 Å². The molecule has 0 aromatic heterocycles. The Hall–Kier alpha value is -3.03. The molecule has 4 amide bonds. The van der Waals surface area contributed by atoms with Gasteiger partial charge in [0.05, 0.1) is 41.1 Å². The molecular weight excluding hydrogens is 593 g/mol. The summed E-state index contributed by atoms with van der Waals surface area (Å²) in [5.41, 5.74) is 2.12. The second-order valence-corrected chi connectivity index (χ2v) is 9.64. The Balaban J connectivity index is 1.17. The summed E-state index contributed by atoms with van der Waals surface area (Å²) in [5.74, 6) is -1.27. The van der Waals surface area contributed by atoms with Crippen LogP contribution in [-0.4, -0.2) is 74.1 Å². The molecule has 0 bridgehead atoms. The number of nitrogens with zero attached hydrogens (tertiary/aromatic N) is 1. The molecule has 1 unspecified atom stereocenters. The minimum atomic E-state index is -0.993. The molecule has 0 radical (unpaired) electrons. The van der Waals surface area contributed by atoms with Crippen LogP contribution in [0.15, 0.2) is 36.4 Å². The highest BCUT2D eigenvalue weighted by atomic mass is 127. The fourth-order valence-corrected chi connectivity index (χ4v) is 4.70. The third-order valence-corrected chi connectivity index (χ3v) is 7.43. The maximum Gasteiger partial charge on any atom is 0.264 e. The molecule has 11 heteroatoms. The molecule has 2 heterocycles. The van der Waals surface area contributed by atoms with Crippen LogP contribution in [0, 0.1) is 10.5 Å². The number of nitrogens with one attached hydrogen (secondary N) is 2. The Morgan fingerprint density at radius 2 is 1.70 bits per heavy atom. The summed E-state index contributed by atoms with van der Waals surface area (Å²) >= 11 is 2.26. The highest BCUT2D eigenvalue weighted by Gasteiger charge is 2.45. The zero-order chi connectivity index (χ0) is 26.4. The molecule has 4 rings (SSSR count). The molecule has 196 valence electrons. The molecule has 2 aliphatic rings. The van der Waals surface area contributed by atoms with E-state index < -0.39 is 29.7 Å². The number of fused-ring (bicyclic) bond motifs is 1. The van der Waals surface area contributed by atoms with E-state index in [9.17, 15) is 19.2 Å². The molecule has 2 aromatic rings. The van der Waals surface area contributed by atoms with E-state index in [0.29, 0.717) is 45.3 Å². The van der Waals surface area contributed by atoms with Crippen LogP contribution in [0.25, 0.3) is 0 Å².